The van der Waals surface area contributed by atoms with E-state index >= 15 is 0 Å². The van der Waals surface area contributed by atoms with Gasteiger partial charge in [0.05, 0.1) is 0 Å². The van der Waals surface area contributed by atoms with Crippen molar-refractivity contribution in [1.29, 1.82) is 0 Å². The summed E-state index contributed by atoms with van der Waals surface area (Å²) >= 11 is 4.03. The standard InChI is InChI=1S/C6H14S6/c1-2-3-4-5-6-8-10-12-11-9-7/h7H,2-6H2,1H3. The van der Waals surface area contributed by atoms with E-state index in [0.717, 1.165) is 0 Å². The maximum absolute atomic E-state index is 4.03. The van der Waals surface area contributed by atoms with Crippen LogP contribution >= 0.6 is 61.8 Å². The minimum atomic E-state index is 1.29. The zero-order chi connectivity index (χ0) is 9.07. The van der Waals surface area contributed by atoms with E-state index in [0.29, 0.717) is 0 Å². The topological polar surface area (TPSA) is 0 Å². The fourth-order valence-electron chi connectivity index (χ4n) is 0.665. The van der Waals surface area contributed by atoms with Gasteiger partial charge in [-0.15, -0.1) is 0 Å². The second-order valence-corrected chi connectivity index (χ2v) is 10.8. The second kappa shape index (κ2) is 13.1. The molecule has 0 atom stereocenters. The van der Waals surface area contributed by atoms with E-state index in [1.54, 1.807) is 19.7 Å². The zero-order valence-electron chi connectivity index (χ0n) is 7.02. The van der Waals surface area contributed by atoms with Gasteiger partial charge in [-0.3, -0.25) is 0 Å². The Balaban J connectivity index is 2.73. The van der Waals surface area contributed by atoms with Crippen LogP contribution in [0.3, 0.4) is 0 Å². The van der Waals surface area contributed by atoms with Gasteiger partial charge in [0.25, 0.3) is 0 Å². The molecule has 6 heteroatoms. The van der Waals surface area contributed by atoms with Crippen molar-refractivity contribution >= 4 is 61.8 Å². The summed E-state index contributed by atoms with van der Waals surface area (Å²) in [4.78, 5) is 0. The van der Waals surface area contributed by atoms with E-state index < -0.39 is 0 Å². The van der Waals surface area contributed by atoms with Gasteiger partial charge in [0.2, 0.25) is 0 Å². The van der Waals surface area contributed by atoms with Crippen LogP contribution in [-0.4, -0.2) is 5.75 Å². The monoisotopic (exact) mass is 278 g/mol. The lowest BCUT2D eigenvalue weighted by atomic mass is 10.2. The summed E-state index contributed by atoms with van der Waals surface area (Å²) in [5, 5.41) is 0. The Morgan fingerprint density at radius 2 is 1.83 bits per heavy atom. The molecule has 0 rings (SSSR count). The lowest BCUT2D eigenvalue weighted by Gasteiger charge is -1.97. The summed E-state index contributed by atoms with van der Waals surface area (Å²) in [6.45, 7) is 2.25. The summed E-state index contributed by atoms with van der Waals surface area (Å²) in [7, 11) is 8.85. The number of thiol groups is 1. The molecule has 0 aromatic rings. The van der Waals surface area contributed by atoms with Gasteiger partial charge in [-0.1, -0.05) is 48.6 Å². The second-order valence-electron chi connectivity index (χ2n) is 2.16. The average molecular weight is 279 g/mol. The molecule has 0 heterocycles. The maximum atomic E-state index is 4.03. The Hall–Kier alpha value is 2.10. The Morgan fingerprint density at radius 3 is 2.50 bits per heavy atom. The van der Waals surface area contributed by atoms with Crippen LogP contribution in [-0.2, 0) is 0 Å². The Bertz CT molecular complexity index is 68.4. The van der Waals surface area contributed by atoms with Gasteiger partial charge in [0, 0.05) is 5.75 Å². The first kappa shape index (κ1) is 14.1. The normalized spacial score (nSPS) is 10.5. The molecule has 0 nitrogen and oxygen atoms in total. The van der Waals surface area contributed by atoms with Gasteiger partial charge in [-0.05, 0) is 45.7 Å². The van der Waals surface area contributed by atoms with Gasteiger partial charge in [0.15, 0.2) is 0 Å². The molecule has 0 unspecified atom stereocenters. The summed E-state index contributed by atoms with van der Waals surface area (Å²) in [5.74, 6) is 1.29. The Morgan fingerprint density at radius 1 is 1.00 bits per heavy atom. The molecule has 12 heavy (non-hydrogen) atoms. The van der Waals surface area contributed by atoms with Crippen LogP contribution in [0.2, 0.25) is 0 Å². The zero-order valence-corrected chi connectivity index (χ0v) is 12.0. The SMILES string of the molecule is CCCCCCSSSSSS. The predicted molar refractivity (Wildman–Crippen MR) is 76.0 cm³/mol. The minimum absolute atomic E-state index is 1.29. The molecular weight excluding hydrogens is 264 g/mol. The highest BCUT2D eigenvalue weighted by molar-refractivity contribution is 9.41. The highest BCUT2D eigenvalue weighted by Crippen LogP contribution is 2.49. The molecule has 0 aliphatic carbocycles. The largest absolute Gasteiger partial charge is 0.0988 e. The van der Waals surface area contributed by atoms with Crippen molar-refractivity contribution in [3.63, 3.8) is 0 Å². The van der Waals surface area contributed by atoms with Gasteiger partial charge in [0.1, 0.15) is 0 Å². The van der Waals surface area contributed by atoms with Crippen LogP contribution in [0.15, 0.2) is 0 Å². The van der Waals surface area contributed by atoms with Crippen LogP contribution in [0, 0.1) is 0 Å². The highest BCUT2D eigenvalue weighted by atomic mass is 33.9. The van der Waals surface area contributed by atoms with Crippen molar-refractivity contribution in [3.05, 3.63) is 0 Å². The molecule has 0 aromatic heterocycles. The first-order chi connectivity index (χ1) is 5.91. The quantitative estimate of drug-likeness (QED) is 0.323. The van der Waals surface area contributed by atoms with Crippen molar-refractivity contribution in [2.24, 2.45) is 0 Å². The van der Waals surface area contributed by atoms with E-state index in [1.807, 2.05) is 20.6 Å². The third-order valence-electron chi connectivity index (χ3n) is 1.22. The van der Waals surface area contributed by atoms with Crippen molar-refractivity contribution < 1.29 is 0 Å². The molecule has 0 saturated heterocycles. The first-order valence-corrected chi connectivity index (χ1v) is 11.2. The van der Waals surface area contributed by atoms with Crippen LogP contribution < -0.4 is 0 Å². The van der Waals surface area contributed by atoms with Crippen molar-refractivity contribution in [3.8, 4) is 0 Å². The van der Waals surface area contributed by atoms with Gasteiger partial charge in [-0.2, -0.15) is 0 Å². The van der Waals surface area contributed by atoms with Crippen LogP contribution in [0.5, 0.6) is 0 Å². The average Bonchev–Trinajstić information content (AvgIpc) is 2.10. The van der Waals surface area contributed by atoms with Gasteiger partial charge < -0.3 is 0 Å². The number of unbranched alkanes of at least 4 members (excludes halogenated alkanes) is 3. The van der Waals surface area contributed by atoms with Gasteiger partial charge >= 0.3 is 0 Å². The van der Waals surface area contributed by atoms with Gasteiger partial charge in [-0.25, -0.2) is 0 Å². The van der Waals surface area contributed by atoms with Crippen LogP contribution in [0.4, 0.5) is 0 Å². The van der Waals surface area contributed by atoms with Crippen molar-refractivity contribution in [1.82, 2.24) is 0 Å². The fraction of sp³-hybridized carbons (Fsp3) is 1.00. The van der Waals surface area contributed by atoms with Crippen molar-refractivity contribution in [2.75, 3.05) is 5.75 Å². The third-order valence-corrected chi connectivity index (χ3v) is 10.3. The van der Waals surface area contributed by atoms with E-state index in [1.165, 1.54) is 41.3 Å². The summed E-state index contributed by atoms with van der Waals surface area (Å²) in [6.07, 6.45) is 5.48. The van der Waals surface area contributed by atoms with Crippen molar-refractivity contribution in [2.45, 2.75) is 32.6 Å². The first-order valence-electron chi connectivity index (χ1n) is 3.85. The maximum Gasteiger partial charge on any atom is 0.00454 e. The molecule has 0 N–H and O–H groups in total. The molecule has 0 aromatic carbocycles. The molecule has 0 saturated carbocycles. The number of hydrogen-bond acceptors (Lipinski definition) is 6. The fourth-order valence-corrected chi connectivity index (χ4v) is 9.55. The molecule has 0 radical (unpaired) electrons. The molecule has 0 fully saturated rings. The molecule has 74 valence electrons. The third kappa shape index (κ3) is 12.1. The molecule has 0 aliphatic rings. The lowest BCUT2D eigenvalue weighted by Crippen LogP contribution is -1.76. The van der Waals surface area contributed by atoms with Crippen LogP contribution in [0.25, 0.3) is 0 Å². The highest BCUT2D eigenvalue weighted by Gasteiger charge is 1.92. The summed E-state index contributed by atoms with van der Waals surface area (Å²) in [5.41, 5.74) is 0. The molecule has 0 amide bonds. The molecule has 0 aliphatic heterocycles. The van der Waals surface area contributed by atoms with Crippen LogP contribution in [0.1, 0.15) is 32.6 Å². The summed E-state index contributed by atoms with van der Waals surface area (Å²) < 4.78 is 0. The van der Waals surface area contributed by atoms with E-state index in [2.05, 4.69) is 18.6 Å². The predicted octanol–water partition coefficient (Wildman–Crippen LogP) is 5.74. The van der Waals surface area contributed by atoms with E-state index in [4.69, 9.17) is 0 Å². The van der Waals surface area contributed by atoms with E-state index in [-0.39, 0.29) is 0 Å². The molecule has 0 bridgehead atoms. The Kier molecular flexibility index (Phi) is 15.4. The number of hydrogen-bond donors (Lipinski definition) is 1. The smallest absolute Gasteiger partial charge is 0.00454 e. The van der Waals surface area contributed by atoms with E-state index in [9.17, 15) is 0 Å². The number of rotatable bonds is 9. The molecular formula is C6H14S6. The molecule has 0 spiro atoms. The Labute approximate surface area is 99.3 Å². The lowest BCUT2D eigenvalue weighted by molar-refractivity contribution is 0.707. The minimum Gasteiger partial charge on any atom is -0.0988 e. The summed E-state index contributed by atoms with van der Waals surface area (Å²) in [6, 6.07) is 0.